The van der Waals surface area contributed by atoms with Crippen LogP contribution in [0.2, 0.25) is 0 Å². The summed E-state index contributed by atoms with van der Waals surface area (Å²) >= 11 is 0. The van der Waals surface area contributed by atoms with E-state index < -0.39 is 0 Å². The zero-order valence-electron chi connectivity index (χ0n) is 29.4. The van der Waals surface area contributed by atoms with Gasteiger partial charge < -0.3 is 0 Å². The molecule has 0 atom stereocenters. The number of nitrogens with zero attached hydrogens (tertiary/aromatic N) is 1. The van der Waals surface area contributed by atoms with Gasteiger partial charge in [-0.2, -0.15) is 0 Å². The summed E-state index contributed by atoms with van der Waals surface area (Å²) in [6.45, 7) is 4.59. The average Bonchev–Trinajstić information content (AvgIpc) is 3.03. The molecule has 0 aromatic carbocycles. The lowest BCUT2D eigenvalue weighted by Gasteiger charge is -2.17. The summed E-state index contributed by atoms with van der Waals surface area (Å²) in [4.78, 5) is 4.28. The fourth-order valence-corrected chi connectivity index (χ4v) is 6.39. The Balaban J connectivity index is 2.01. The van der Waals surface area contributed by atoms with Crippen molar-refractivity contribution in [2.24, 2.45) is 0 Å². The first-order valence-electron chi connectivity index (χ1n) is 19.6. The molecule has 0 saturated carbocycles. The van der Waals surface area contributed by atoms with E-state index in [9.17, 15) is 0 Å². The van der Waals surface area contributed by atoms with Crippen LogP contribution in [0.1, 0.15) is 218 Å². The second-order valence-electron chi connectivity index (χ2n) is 13.4. The first-order valence-corrected chi connectivity index (χ1v) is 19.6. The van der Waals surface area contributed by atoms with Crippen LogP contribution >= 0.6 is 0 Å². The van der Waals surface area contributed by atoms with Crippen molar-refractivity contribution in [3.63, 3.8) is 0 Å². The van der Waals surface area contributed by atoms with Crippen molar-refractivity contribution < 1.29 is 0 Å². The number of aromatic nitrogens is 1. The van der Waals surface area contributed by atoms with E-state index in [1.54, 1.807) is 0 Å². The quantitative estimate of drug-likeness (QED) is 0.0583. The number of allylic oxidation sites excluding steroid dienone is 4. The highest BCUT2D eigenvalue weighted by molar-refractivity contribution is 5.15. The number of rotatable bonds is 33. The number of hydrogen-bond donors (Lipinski definition) is 0. The molecule has 1 rings (SSSR count). The molecule has 0 fully saturated rings. The van der Waals surface area contributed by atoms with E-state index in [-0.39, 0.29) is 0 Å². The molecule has 1 heteroatoms. The van der Waals surface area contributed by atoms with Crippen molar-refractivity contribution in [2.75, 3.05) is 0 Å². The SMILES string of the molecule is CCCCCCCC/C=C\CCCCCCCCC(CCCCCCCC/C=C\CCCCCCCC)c1ccncc1. The summed E-state index contributed by atoms with van der Waals surface area (Å²) in [5.41, 5.74) is 1.52. The van der Waals surface area contributed by atoms with E-state index in [4.69, 9.17) is 0 Å². The van der Waals surface area contributed by atoms with Gasteiger partial charge in [0, 0.05) is 12.4 Å². The standard InChI is InChI=1S/C42H75N/c1-3-5-7-9-11-13-15-17-19-21-23-25-27-29-31-33-35-41(42-37-39-43-40-38-42)36-34-32-30-28-26-24-22-20-18-16-14-12-10-8-6-4-2/h17-20,37-41H,3-16,21-36H2,1-2H3/b19-17-,20-18-. The Labute approximate surface area is 271 Å². The second kappa shape index (κ2) is 33.5. The highest BCUT2D eigenvalue weighted by atomic mass is 14.6. The third-order valence-corrected chi connectivity index (χ3v) is 9.31. The van der Waals surface area contributed by atoms with Gasteiger partial charge in [0.2, 0.25) is 0 Å². The molecule has 0 bridgehead atoms. The topological polar surface area (TPSA) is 12.9 Å². The zero-order chi connectivity index (χ0) is 30.7. The van der Waals surface area contributed by atoms with Crippen LogP contribution in [0.3, 0.4) is 0 Å². The summed E-state index contributed by atoms with van der Waals surface area (Å²) in [7, 11) is 0. The maximum atomic E-state index is 4.28. The molecule has 0 radical (unpaired) electrons. The van der Waals surface area contributed by atoms with Crippen molar-refractivity contribution >= 4 is 0 Å². The molecule has 1 nitrogen and oxygen atoms in total. The van der Waals surface area contributed by atoms with Crippen molar-refractivity contribution in [1.82, 2.24) is 4.98 Å². The van der Waals surface area contributed by atoms with Crippen LogP contribution in [-0.2, 0) is 0 Å². The van der Waals surface area contributed by atoms with Crippen molar-refractivity contribution in [1.29, 1.82) is 0 Å². The Morgan fingerprint density at radius 3 is 1.07 bits per heavy atom. The maximum Gasteiger partial charge on any atom is 0.0270 e. The highest BCUT2D eigenvalue weighted by Crippen LogP contribution is 2.28. The van der Waals surface area contributed by atoms with Gasteiger partial charge in [-0.05, 0) is 87.8 Å². The van der Waals surface area contributed by atoms with Crippen LogP contribution in [0.25, 0.3) is 0 Å². The van der Waals surface area contributed by atoms with Gasteiger partial charge in [-0.1, -0.05) is 167 Å². The normalized spacial score (nSPS) is 12.0. The fourth-order valence-electron chi connectivity index (χ4n) is 6.39. The third kappa shape index (κ3) is 27.9. The number of hydrogen-bond acceptors (Lipinski definition) is 1. The molecule has 0 saturated heterocycles. The summed E-state index contributed by atoms with van der Waals surface area (Å²) in [6, 6.07) is 4.54. The van der Waals surface area contributed by atoms with Gasteiger partial charge in [-0.15, -0.1) is 0 Å². The molecule has 1 aromatic heterocycles. The lowest BCUT2D eigenvalue weighted by atomic mass is 9.88. The Kier molecular flexibility index (Phi) is 30.9. The average molecular weight is 594 g/mol. The molecule has 0 aliphatic carbocycles. The zero-order valence-corrected chi connectivity index (χ0v) is 29.4. The van der Waals surface area contributed by atoms with E-state index >= 15 is 0 Å². The smallest absolute Gasteiger partial charge is 0.0270 e. The molecule has 0 aliphatic rings. The molecule has 0 amide bonds. The van der Waals surface area contributed by atoms with Crippen LogP contribution < -0.4 is 0 Å². The predicted molar refractivity (Wildman–Crippen MR) is 195 cm³/mol. The van der Waals surface area contributed by atoms with Crippen LogP contribution in [-0.4, -0.2) is 4.98 Å². The molecule has 1 aromatic rings. The van der Waals surface area contributed by atoms with Crippen LogP contribution in [0.4, 0.5) is 0 Å². The molecule has 248 valence electrons. The first kappa shape index (κ1) is 39.7. The molecule has 0 spiro atoms. The molecule has 1 heterocycles. The van der Waals surface area contributed by atoms with E-state index in [1.165, 1.54) is 198 Å². The molecular weight excluding hydrogens is 518 g/mol. The number of pyridine rings is 1. The first-order chi connectivity index (χ1) is 21.4. The van der Waals surface area contributed by atoms with Gasteiger partial charge in [0.1, 0.15) is 0 Å². The minimum Gasteiger partial charge on any atom is -0.265 e. The molecule has 0 aliphatic heterocycles. The Hall–Kier alpha value is -1.37. The summed E-state index contributed by atoms with van der Waals surface area (Å²) < 4.78 is 0. The van der Waals surface area contributed by atoms with Gasteiger partial charge in [-0.3, -0.25) is 4.98 Å². The lowest BCUT2D eigenvalue weighted by Crippen LogP contribution is -2.00. The summed E-state index contributed by atoms with van der Waals surface area (Å²) in [6.07, 6.45) is 55.3. The van der Waals surface area contributed by atoms with Crippen LogP contribution in [0.15, 0.2) is 48.8 Å². The van der Waals surface area contributed by atoms with Gasteiger partial charge in [0.25, 0.3) is 0 Å². The second-order valence-corrected chi connectivity index (χ2v) is 13.4. The van der Waals surface area contributed by atoms with E-state index in [0.717, 1.165) is 5.92 Å². The van der Waals surface area contributed by atoms with Crippen LogP contribution in [0, 0.1) is 0 Å². The fraction of sp³-hybridized carbons (Fsp3) is 0.786. The maximum absolute atomic E-state index is 4.28. The largest absolute Gasteiger partial charge is 0.265 e. The number of unbranched alkanes of at least 4 members (excludes halogenated alkanes) is 24. The third-order valence-electron chi connectivity index (χ3n) is 9.31. The van der Waals surface area contributed by atoms with Gasteiger partial charge in [0.15, 0.2) is 0 Å². The van der Waals surface area contributed by atoms with Crippen molar-refractivity contribution in [3.05, 3.63) is 54.4 Å². The van der Waals surface area contributed by atoms with Crippen molar-refractivity contribution in [2.45, 2.75) is 212 Å². The van der Waals surface area contributed by atoms with E-state index in [0.29, 0.717) is 0 Å². The Morgan fingerprint density at radius 2 is 0.721 bits per heavy atom. The Bertz CT molecular complexity index is 663. The lowest BCUT2D eigenvalue weighted by molar-refractivity contribution is 0.485. The molecule has 0 unspecified atom stereocenters. The van der Waals surface area contributed by atoms with Crippen LogP contribution in [0.5, 0.6) is 0 Å². The van der Waals surface area contributed by atoms with Crippen molar-refractivity contribution in [3.8, 4) is 0 Å². The summed E-state index contributed by atoms with van der Waals surface area (Å²) in [5.74, 6) is 0.733. The van der Waals surface area contributed by atoms with Gasteiger partial charge >= 0.3 is 0 Å². The molecule has 0 N–H and O–H groups in total. The Morgan fingerprint density at radius 1 is 0.419 bits per heavy atom. The minimum atomic E-state index is 0.733. The summed E-state index contributed by atoms with van der Waals surface area (Å²) in [5, 5.41) is 0. The monoisotopic (exact) mass is 594 g/mol. The molecular formula is C42H75N. The highest BCUT2D eigenvalue weighted by Gasteiger charge is 2.11. The minimum absolute atomic E-state index is 0.733. The van der Waals surface area contributed by atoms with Gasteiger partial charge in [0.05, 0.1) is 0 Å². The van der Waals surface area contributed by atoms with E-state index in [2.05, 4.69) is 55.3 Å². The molecule has 43 heavy (non-hydrogen) atoms. The predicted octanol–water partition coefficient (Wildman–Crippen LogP) is 15.0. The van der Waals surface area contributed by atoms with E-state index in [1.807, 2.05) is 12.4 Å². The van der Waals surface area contributed by atoms with Gasteiger partial charge in [-0.25, -0.2) is 0 Å².